The van der Waals surface area contributed by atoms with Crippen molar-refractivity contribution in [3.63, 3.8) is 0 Å². The van der Waals surface area contributed by atoms with Gasteiger partial charge in [0, 0.05) is 16.8 Å². The fourth-order valence-electron chi connectivity index (χ4n) is 1.70. The van der Waals surface area contributed by atoms with Gasteiger partial charge < -0.3 is 5.32 Å². The molecule has 1 aromatic carbocycles. The minimum atomic E-state index is -0.203. The number of anilines is 1. The third kappa shape index (κ3) is 3.22. The molecular formula is C13H16ClN3OS. The predicted molar refractivity (Wildman–Crippen MR) is 82.4 cm³/mol. The van der Waals surface area contributed by atoms with Crippen molar-refractivity contribution in [2.45, 2.75) is 18.6 Å². The summed E-state index contributed by atoms with van der Waals surface area (Å²) >= 11 is 7.48. The molecule has 4 nitrogen and oxygen atoms in total. The predicted octanol–water partition coefficient (Wildman–Crippen LogP) is 3.37. The molecule has 1 aliphatic rings. The summed E-state index contributed by atoms with van der Waals surface area (Å²) < 4.78 is 0.0219. The zero-order chi connectivity index (χ0) is 14.0. The Morgan fingerprint density at radius 1 is 1.42 bits per heavy atom. The van der Waals surface area contributed by atoms with Crippen molar-refractivity contribution in [1.29, 1.82) is 0 Å². The van der Waals surface area contributed by atoms with E-state index in [1.165, 1.54) is 0 Å². The molecule has 1 aliphatic heterocycles. The molecule has 0 aromatic heterocycles. The number of benzene rings is 1. The Morgan fingerprint density at radius 3 is 2.53 bits per heavy atom. The number of carbonyl (C=O) groups is 1. The number of amidine groups is 1. The first kappa shape index (κ1) is 14.2. The maximum Gasteiger partial charge on any atom is 0.327 e. The van der Waals surface area contributed by atoms with Gasteiger partial charge in [-0.2, -0.15) is 0 Å². The van der Waals surface area contributed by atoms with E-state index in [-0.39, 0.29) is 10.8 Å². The van der Waals surface area contributed by atoms with Gasteiger partial charge >= 0.3 is 6.03 Å². The summed E-state index contributed by atoms with van der Waals surface area (Å²) in [7, 11) is 1.61. The Hall–Kier alpha value is -1.20. The van der Waals surface area contributed by atoms with E-state index in [4.69, 9.17) is 11.6 Å². The third-order valence-electron chi connectivity index (χ3n) is 2.66. The Labute approximate surface area is 122 Å². The molecule has 0 bridgehead atoms. The van der Waals surface area contributed by atoms with Gasteiger partial charge in [0.1, 0.15) is 0 Å². The quantitative estimate of drug-likeness (QED) is 0.864. The maximum atomic E-state index is 12.1. The third-order valence-corrected chi connectivity index (χ3v) is 4.08. The molecule has 2 rings (SSSR count). The molecule has 1 heterocycles. The molecule has 0 atom stereocenters. The summed E-state index contributed by atoms with van der Waals surface area (Å²) in [6.45, 7) is 4.92. The van der Waals surface area contributed by atoms with Gasteiger partial charge in [0.15, 0.2) is 5.17 Å². The smallest absolute Gasteiger partial charge is 0.327 e. The van der Waals surface area contributed by atoms with E-state index < -0.39 is 0 Å². The summed E-state index contributed by atoms with van der Waals surface area (Å²) in [5, 5.41) is 4.00. The lowest BCUT2D eigenvalue weighted by atomic mass is 10.2. The van der Waals surface area contributed by atoms with Gasteiger partial charge in [-0.3, -0.25) is 4.99 Å². The molecule has 0 unspecified atom stereocenters. The van der Waals surface area contributed by atoms with Crippen LogP contribution in [0.3, 0.4) is 0 Å². The average molecular weight is 298 g/mol. The fraction of sp³-hybridized carbons (Fsp3) is 0.385. The van der Waals surface area contributed by atoms with Crippen LogP contribution in [0.15, 0.2) is 29.3 Å². The van der Waals surface area contributed by atoms with E-state index in [0.29, 0.717) is 16.7 Å². The number of urea groups is 1. The molecule has 0 fully saturated rings. The molecule has 0 aliphatic carbocycles. The van der Waals surface area contributed by atoms with Gasteiger partial charge in [-0.25, -0.2) is 9.69 Å². The van der Waals surface area contributed by atoms with E-state index in [1.54, 1.807) is 35.8 Å². The molecule has 102 valence electrons. The van der Waals surface area contributed by atoms with E-state index in [1.807, 2.05) is 12.1 Å². The summed E-state index contributed by atoms with van der Waals surface area (Å²) in [6, 6.07) is 6.94. The summed E-state index contributed by atoms with van der Waals surface area (Å²) in [4.78, 5) is 18.1. The van der Waals surface area contributed by atoms with Crippen LogP contribution < -0.4 is 10.2 Å². The van der Waals surface area contributed by atoms with Crippen LogP contribution in [0.1, 0.15) is 13.8 Å². The van der Waals surface area contributed by atoms with Crippen LogP contribution in [0.4, 0.5) is 10.5 Å². The van der Waals surface area contributed by atoms with Gasteiger partial charge in [0.2, 0.25) is 0 Å². The number of aliphatic imine (C=N–C) groups is 1. The number of nitrogens with one attached hydrogen (secondary N) is 1. The topological polar surface area (TPSA) is 44.7 Å². The second kappa shape index (κ2) is 5.43. The first-order valence-electron chi connectivity index (χ1n) is 5.94. The Balaban J connectivity index is 2.32. The number of hydrogen-bond donors (Lipinski definition) is 1. The Kier molecular flexibility index (Phi) is 4.06. The second-order valence-corrected chi connectivity index (χ2v) is 6.94. The number of rotatable bonds is 1. The van der Waals surface area contributed by atoms with Crippen LogP contribution in [-0.4, -0.2) is 29.5 Å². The molecule has 0 radical (unpaired) electrons. The summed E-state index contributed by atoms with van der Waals surface area (Å²) in [5.74, 6) is 0. The largest absolute Gasteiger partial charge is 0.340 e. The lowest BCUT2D eigenvalue weighted by Crippen LogP contribution is -2.41. The van der Waals surface area contributed by atoms with Gasteiger partial charge in [-0.15, -0.1) is 0 Å². The van der Waals surface area contributed by atoms with Gasteiger partial charge in [0.05, 0.1) is 12.2 Å². The Morgan fingerprint density at radius 2 is 2.05 bits per heavy atom. The Bertz CT molecular complexity index is 513. The number of carbonyl (C=O) groups excluding carboxylic acids is 1. The van der Waals surface area contributed by atoms with Crippen LogP contribution >= 0.6 is 23.4 Å². The summed E-state index contributed by atoms with van der Waals surface area (Å²) in [6.07, 6.45) is 0. The van der Waals surface area contributed by atoms with Crippen LogP contribution in [-0.2, 0) is 0 Å². The minimum Gasteiger partial charge on any atom is -0.340 e. The van der Waals surface area contributed by atoms with Crippen molar-refractivity contribution in [2.75, 3.05) is 18.5 Å². The van der Waals surface area contributed by atoms with E-state index in [0.717, 1.165) is 5.69 Å². The van der Waals surface area contributed by atoms with Crippen molar-refractivity contribution in [3.8, 4) is 0 Å². The first-order chi connectivity index (χ1) is 8.93. The lowest BCUT2D eigenvalue weighted by Gasteiger charge is -2.23. The monoisotopic (exact) mass is 297 g/mol. The molecule has 2 amide bonds. The van der Waals surface area contributed by atoms with E-state index in [9.17, 15) is 4.79 Å². The van der Waals surface area contributed by atoms with Crippen LogP contribution in [0.5, 0.6) is 0 Å². The highest BCUT2D eigenvalue weighted by Gasteiger charge is 2.33. The molecule has 1 N–H and O–H groups in total. The van der Waals surface area contributed by atoms with E-state index in [2.05, 4.69) is 24.2 Å². The molecule has 0 spiro atoms. The van der Waals surface area contributed by atoms with Crippen LogP contribution in [0, 0.1) is 0 Å². The van der Waals surface area contributed by atoms with Gasteiger partial charge in [-0.05, 0) is 38.1 Å². The lowest BCUT2D eigenvalue weighted by molar-refractivity contribution is 0.251. The van der Waals surface area contributed by atoms with Crippen LogP contribution in [0.25, 0.3) is 0 Å². The number of thioether (sulfide) groups is 1. The second-order valence-electron chi connectivity index (χ2n) is 4.83. The number of hydrogen-bond acceptors (Lipinski definition) is 3. The standard InChI is InChI=1S/C13H16ClN3OS/c1-13(2)8-16-12(19-13)17(11(18)15-3)10-6-4-9(14)5-7-10/h4-7H,8H2,1-3H3,(H,15,18). The van der Waals surface area contributed by atoms with Crippen molar-refractivity contribution in [1.82, 2.24) is 5.32 Å². The summed E-state index contributed by atoms with van der Waals surface area (Å²) in [5.41, 5.74) is 0.757. The maximum absolute atomic E-state index is 12.1. The molecule has 19 heavy (non-hydrogen) atoms. The van der Waals surface area contributed by atoms with Crippen LogP contribution in [0.2, 0.25) is 5.02 Å². The highest BCUT2D eigenvalue weighted by atomic mass is 35.5. The first-order valence-corrected chi connectivity index (χ1v) is 7.13. The molecule has 1 aromatic rings. The van der Waals surface area contributed by atoms with Crippen molar-refractivity contribution >= 4 is 40.2 Å². The molecule has 6 heteroatoms. The van der Waals surface area contributed by atoms with E-state index >= 15 is 0 Å². The minimum absolute atomic E-state index is 0.0219. The zero-order valence-corrected chi connectivity index (χ0v) is 12.7. The number of amides is 2. The highest BCUT2D eigenvalue weighted by Crippen LogP contribution is 2.35. The number of nitrogens with zero attached hydrogens (tertiary/aromatic N) is 2. The van der Waals surface area contributed by atoms with Gasteiger partial charge in [0.25, 0.3) is 0 Å². The van der Waals surface area contributed by atoms with Crippen molar-refractivity contribution < 1.29 is 4.79 Å². The fourth-order valence-corrected chi connectivity index (χ4v) is 2.86. The molecular weight excluding hydrogens is 282 g/mol. The average Bonchev–Trinajstić information content (AvgIpc) is 2.72. The SMILES string of the molecule is CNC(=O)N(C1=NCC(C)(C)S1)c1ccc(Cl)cc1. The van der Waals surface area contributed by atoms with Crippen molar-refractivity contribution in [2.24, 2.45) is 4.99 Å². The zero-order valence-electron chi connectivity index (χ0n) is 11.1. The highest BCUT2D eigenvalue weighted by molar-refractivity contribution is 8.15. The molecule has 0 saturated heterocycles. The van der Waals surface area contributed by atoms with Gasteiger partial charge in [-0.1, -0.05) is 23.4 Å². The van der Waals surface area contributed by atoms with Crippen molar-refractivity contribution in [3.05, 3.63) is 29.3 Å². The number of halogens is 1. The normalized spacial score (nSPS) is 16.9. The molecule has 0 saturated carbocycles.